The third-order valence-corrected chi connectivity index (χ3v) is 5.96. The van der Waals surface area contributed by atoms with Crippen LogP contribution in [0.1, 0.15) is 19.3 Å². The average Bonchev–Trinajstić information content (AvgIpc) is 3.29. The summed E-state index contributed by atoms with van der Waals surface area (Å²) in [5.74, 6) is -0.526. The number of para-hydroxylation sites is 1. The number of rotatable bonds is 5. The van der Waals surface area contributed by atoms with Gasteiger partial charge in [0.1, 0.15) is 5.01 Å². The highest BCUT2D eigenvalue weighted by molar-refractivity contribution is 7.21. The van der Waals surface area contributed by atoms with Gasteiger partial charge in [-0.15, -0.1) is 11.3 Å². The first-order chi connectivity index (χ1) is 13.5. The van der Waals surface area contributed by atoms with Gasteiger partial charge in [-0.2, -0.15) is 0 Å². The molecule has 1 saturated heterocycles. The van der Waals surface area contributed by atoms with Crippen molar-refractivity contribution in [1.29, 1.82) is 0 Å². The van der Waals surface area contributed by atoms with Crippen LogP contribution in [0.4, 0.5) is 5.69 Å². The van der Waals surface area contributed by atoms with E-state index in [1.165, 1.54) is 4.90 Å². The molecule has 7 heteroatoms. The van der Waals surface area contributed by atoms with Gasteiger partial charge in [-0.25, -0.2) is 4.98 Å². The minimum Gasteiger partial charge on any atom is -0.315 e. The largest absolute Gasteiger partial charge is 0.315 e. The van der Waals surface area contributed by atoms with Crippen LogP contribution in [-0.2, 0) is 14.4 Å². The lowest BCUT2D eigenvalue weighted by Crippen LogP contribution is -2.34. The number of hydrogen-bond donors (Lipinski definition) is 0. The number of anilines is 1. The molecule has 0 radical (unpaired) electrons. The first-order valence-electron chi connectivity index (χ1n) is 9.09. The van der Waals surface area contributed by atoms with Crippen molar-refractivity contribution >= 4 is 45.0 Å². The van der Waals surface area contributed by atoms with Crippen molar-refractivity contribution in [3.8, 4) is 10.6 Å². The standard InChI is InChI=1S/C21H19N3O3S/c1-23(18(25)12-13-24-19(26)10-11-20(24)27)15-8-6-14(7-9-15)21-22-16-4-2-3-5-17(16)28-21/h2-9H,10-13H2,1H3. The second-order valence-electron chi connectivity index (χ2n) is 6.68. The molecular formula is C21H19N3O3S. The normalized spacial score (nSPS) is 14.1. The van der Waals surface area contributed by atoms with E-state index in [0.29, 0.717) is 0 Å². The third kappa shape index (κ3) is 3.53. The zero-order valence-electron chi connectivity index (χ0n) is 15.4. The highest BCUT2D eigenvalue weighted by Crippen LogP contribution is 2.31. The van der Waals surface area contributed by atoms with E-state index in [0.717, 1.165) is 26.5 Å². The van der Waals surface area contributed by atoms with E-state index < -0.39 is 0 Å². The van der Waals surface area contributed by atoms with Gasteiger partial charge in [-0.1, -0.05) is 12.1 Å². The molecule has 0 bridgehead atoms. The number of fused-ring (bicyclic) bond motifs is 1. The van der Waals surface area contributed by atoms with E-state index in [9.17, 15) is 14.4 Å². The van der Waals surface area contributed by atoms with Gasteiger partial charge in [-0.05, 0) is 36.4 Å². The number of carbonyl (C=O) groups is 3. The van der Waals surface area contributed by atoms with Gasteiger partial charge in [0.25, 0.3) is 0 Å². The zero-order valence-corrected chi connectivity index (χ0v) is 16.2. The number of thiazole rings is 1. The van der Waals surface area contributed by atoms with Gasteiger partial charge < -0.3 is 4.90 Å². The van der Waals surface area contributed by atoms with E-state index in [2.05, 4.69) is 4.98 Å². The number of imide groups is 1. The Kier molecular flexibility index (Phi) is 4.92. The number of nitrogens with zero attached hydrogens (tertiary/aromatic N) is 3. The number of benzene rings is 2. The van der Waals surface area contributed by atoms with Crippen molar-refractivity contribution in [2.75, 3.05) is 18.5 Å². The molecule has 0 aliphatic carbocycles. The summed E-state index contributed by atoms with van der Waals surface area (Å²) in [7, 11) is 1.70. The fraction of sp³-hybridized carbons (Fsp3) is 0.238. The van der Waals surface area contributed by atoms with Gasteiger partial charge in [0.2, 0.25) is 17.7 Å². The Morgan fingerprint density at radius 1 is 1.07 bits per heavy atom. The first-order valence-corrected chi connectivity index (χ1v) is 9.90. The molecule has 2 aromatic carbocycles. The quantitative estimate of drug-likeness (QED) is 0.623. The maximum Gasteiger partial charge on any atom is 0.229 e. The maximum atomic E-state index is 12.5. The van der Waals surface area contributed by atoms with E-state index in [-0.39, 0.29) is 43.5 Å². The average molecular weight is 393 g/mol. The zero-order chi connectivity index (χ0) is 19.7. The minimum atomic E-state index is -0.194. The fourth-order valence-corrected chi connectivity index (χ4v) is 4.19. The van der Waals surface area contributed by atoms with Gasteiger partial charge in [0.15, 0.2) is 0 Å². The van der Waals surface area contributed by atoms with E-state index >= 15 is 0 Å². The fourth-order valence-electron chi connectivity index (χ4n) is 3.21. The number of likely N-dealkylation sites (tertiary alicyclic amines) is 1. The predicted molar refractivity (Wildman–Crippen MR) is 109 cm³/mol. The van der Waals surface area contributed by atoms with Gasteiger partial charge in [0, 0.05) is 44.1 Å². The van der Waals surface area contributed by atoms with Crippen molar-refractivity contribution < 1.29 is 14.4 Å². The van der Waals surface area contributed by atoms with Gasteiger partial charge >= 0.3 is 0 Å². The molecule has 0 N–H and O–H groups in total. The van der Waals surface area contributed by atoms with Gasteiger partial charge in [-0.3, -0.25) is 19.3 Å². The van der Waals surface area contributed by atoms with Crippen molar-refractivity contribution in [2.24, 2.45) is 0 Å². The smallest absolute Gasteiger partial charge is 0.229 e. The number of amides is 3. The number of carbonyl (C=O) groups excluding carboxylic acids is 3. The summed E-state index contributed by atoms with van der Waals surface area (Å²) in [5.41, 5.74) is 2.73. The molecule has 1 fully saturated rings. The molecule has 4 rings (SSSR count). The van der Waals surface area contributed by atoms with Crippen molar-refractivity contribution in [3.63, 3.8) is 0 Å². The lowest BCUT2D eigenvalue weighted by atomic mass is 10.2. The maximum absolute atomic E-state index is 12.5. The first kappa shape index (κ1) is 18.3. The Hall–Kier alpha value is -3.06. The summed E-state index contributed by atoms with van der Waals surface area (Å²) < 4.78 is 1.14. The Labute approximate surface area is 166 Å². The van der Waals surface area contributed by atoms with E-state index in [1.807, 2.05) is 48.5 Å². The van der Waals surface area contributed by atoms with Crippen LogP contribution < -0.4 is 4.90 Å². The number of hydrogen-bond acceptors (Lipinski definition) is 5. The molecule has 0 unspecified atom stereocenters. The second-order valence-corrected chi connectivity index (χ2v) is 7.71. The van der Waals surface area contributed by atoms with Crippen LogP contribution in [0, 0.1) is 0 Å². The molecule has 0 spiro atoms. The van der Waals surface area contributed by atoms with Crippen LogP contribution in [0.2, 0.25) is 0 Å². The molecule has 1 aromatic heterocycles. The van der Waals surface area contributed by atoms with Crippen molar-refractivity contribution in [2.45, 2.75) is 19.3 Å². The second kappa shape index (κ2) is 7.52. The Balaban J connectivity index is 1.43. The topological polar surface area (TPSA) is 70.6 Å². The van der Waals surface area contributed by atoms with E-state index in [1.54, 1.807) is 23.3 Å². The molecule has 0 atom stereocenters. The summed E-state index contributed by atoms with van der Waals surface area (Å²) in [6, 6.07) is 15.7. The monoisotopic (exact) mass is 393 g/mol. The summed E-state index contributed by atoms with van der Waals surface area (Å²) in [6.45, 7) is 0.143. The molecule has 1 aliphatic heterocycles. The molecule has 3 amide bonds. The summed E-state index contributed by atoms with van der Waals surface area (Å²) >= 11 is 1.63. The SMILES string of the molecule is CN(C(=O)CCN1C(=O)CCC1=O)c1ccc(-c2nc3ccccc3s2)cc1. The third-order valence-electron chi connectivity index (χ3n) is 4.87. The molecular weight excluding hydrogens is 374 g/mol. The summed E-state index contributed by atoms with van der Waals surface area (Å²) in [5, 5.41) is 0.938. The number of aromatic nitrogens is 1. The predicted octanol–water partition coefficient (Wildman–Crippen LogP) is 3.47. The van der Waals surface area contributed by atoms with E-state index in [4.69, 9.17) is 0 Å². The Bertz CT molecular complexity index is 1010. The summed E-state index contributed by atoms with van der Waals surface area (Å²) in [6.07, 6.45) is 0.611. The van der Waals surface area contributed by atoms with Crippen LogP contribution >= 0.6 is 11.3 Å². The van der Waals surface area contributed by atoms with Crippen LogP contribution in [-0.4, -0.2) is 41.2 Å². The highest BCUT2D eigenvalue weighted by atomic mass is 32.1. The van der Waals surface area contributed by atoms with Crippen molar-refractivity contribution in [1.82, 2.24) is 9.88 Å². The van der Waals surface area contributed by atoms with Crippen LogP contribution in [0.5, 0.6) is 0 Å². The Morgan fingerprint density at radius 2 is 1.75 bits per heavy atom. The summed E-state index contributed by atoms with van der Waals surface area (Å²) in [4.78, 5) is 43.1. The molecule has 0 saturated carbocycles. The molecule has 3 aromatic rings. The Morgan fingerprint density at radius 3 is 2.43 bits per heavy atom. The molecule has 142 valence electrons. The molecule has 6 nitrogen and oxygen atoms in total. The van der Waals surface area contributed by atoms with Crippen LogP contribution in [0.15, 0.2) is 48.5 Å². The minimum absolute atomic E-state index is 0.119. The molecule has 1 aliphatic rings. The lowest BCUT2D eigenvalue weighted by molar-refractivity contribution is -0.138. The van der Waals surface area contributed by atoms with Crippen molar-refractivity contribution in [3.05, 3.63) is 48.5 Å². The van der Waals surface area contributed by atoms with Crippen LogP contribution in [0.25, 0.3) is 20.8 Å². The lowest BCUT2D eigenvalue weighted by Gasteiger charge is -2.19. The van der Waals surface area contributed by atoms with Crippen LogP contribution in [0.3, 0.4) is 0 Å². The molecule has 28 heavy (non-hydrogen) atoms. The highest BCUT2D eigenvalue weighted by Gasteiger charge is 2.29. The van der Waals surface area contributed by atoms with Gasteiger partial charge in [0.05, 0.1) is 10.2 Å². The molecule has 2 heterocycles.